The lowest BCUT2D eigenvalue weighted by atomic mass is 9.74. The molecule has 34 heavy (non-hydrogen) atoms. The molecule has 0 aliphatic heterocycles. The molecule has 0 spiro atoms. The van der Waals surface area contributed by atoms with E-state index in [1.807, 2.05) is 0 Å². The molecular weight excluding hydrogens is 480 g/mol. The number of fused-ring (bicyclic) bond motifs is 1. The van der Waals surface area contributed by atoms with Crippen molar-refractivity contribution >= 4 is 35.0 Å². The summed E-state index contributed by atoms with van der Waals surface area (Å²) in [5.74, 6) is -0.996. The minimum Gasteiger partial charge on any atom is -0.391 e. The van der Waals surface area contributed by atoms with Gasteiger partial charge in [0.25, 0.3) is 0 Å². The molecule has 2 amide bonds. The van der Waals surface area contributed by atoms with E-state index in [2.05, 4.69) is 23.6 Å². The summed E-state index contributed by atoms with van der Waals surface area (Å²) in [6, 6.07) is 3.57. The predicted octanol–water partition coefficient (Wildman–Crippen LogP) is 4.14. The van der Waals surface area contributed by atoms with Gasteiger partial charge in [0.2, 0.25) is 11.8 Å². The van der Waals surface area contributed by atoms with Crippen molar-refractivity contribution in [3.8, 4) is 6.07 Å². The minimum atomic E-state index is -0.862. The Kier molecular flexibility index (Phi) is 6.07. The molecule has 4 aliphatic rings. The number of hydrogen-bond donors (Lipinski definition) is 3. The van der Waals surface area contributed by atoms with Crippen molar-refractivity contribution in [2.24, 2.45) is 35.0 Å². The Labute approximate surface area is 208 Å². The molecule has 0 saturated heterocycles. The fraction of sp³-hybridized carbons (Fsp3) is 0.640. The van der Waals surface area contributed by atoms with Crippen molar-refractivity contribution in [3.63, 3.8) is 0 Å². The highest BCUT2D eigenvalue weighted by molar-refractivity contribution is 6.42. The van der Waals surface area contributed by atoms with Gasteiger partial charge in [0.1, 0.15) is 5.82 Å². The van der Waals surface area contributed by atoms with E-state index in [-0.39, 0.29) is 57.5 Å². The average Bonchev–Trinajstić information content (AvgIpc) is 3.67. The van der Waals surface area contributed by atoms with E-state index in [0.717, 1.165) is 12.8 Å². The van der Waals surface area contributed by atoms with Crippen LogP contribution in [0.5, 0.6) is 0 Å². The van der Waals surface area contributed by atoms with Gasteiger partial charge in [-0.05, 0) is 67.9 Å². The number of benzene rings is 1. The summed E-state index contributed by atoms with van der Waals surface area (Å²) in [4.78, 5) is 25.7. The average molecular weight is 508 g/mol. The maximum atomic E-state index is 15.0. The summed E-state index contributed by atoms with van der Waals surface area (Å²) >= 11 is 12.7. The van der Waals surface area contributed by atoms with Gasteiger partial charge in [-0.3, -0.25) is 9.59 Å². The Balaban J connectivity index is 1.32. The molecule has 0 aromatic heterocycles. The van der Waals surface area contributed by atoms with Crippen LogP contribution >= 0.6 is 23.2 Å². The van der Waals surface area contributed by atoms with Gasteiger partial charge in [0.15, 0.2) is 0 Å². The van der Waals surface area contributed by atoms with Crippen molar-refractivity contribution in [1.29, 1.82) is 5.26 Å². The monoisotopic (exact) mass is 507 g/mol. The Bertz CT molecular complexity index is 1070. The lowest BCUT2D eigenvalue weighted by molar-refractivity contribution is -0.127. The fourth-order valence-electron chi connectivity index (χ4n) is 6.29. The molecule has 5 rings (SSSR count). The minimum absolute atomic E-state index is 0.113. The second kappa shape index (κ2) is 8.65. The Morgan fingerprint density at radius 2 is 1.88 bits per heavy atom. The number of aliphatic hydroxyl groups is 1. The smallest absolute Gasteiger partial charge is 0.224 e. The van der Waals surface area contributed by atoms with Crippen molar-refractivity contribution in [1.82, 2.24) is 10.6 Å². The van der Waals surface area contributed by atoms with Crippen LogP contribution in [0.25, 0.3) is 0 Å². The number of carbonyl (C=O) groups excluding carboxylic acids is 2. The molecule has 6 nitrogen and oxygen atoms in total. The molecule has 3 N–H and O–H groups in total. The van der Waals surface area contributed by atoms with E-state index >= 15 is 4.39 Å². The van der Waals surface area contributed by atoms with Gasteiger partial charge in [0, 0.05) is 11.5 Å². The topological polar surface area (TPSA) is 102 Å². The lowest BCUT2D eigenvalue weighted by Crippen LogP contribution is -2.42. The molecule has 1 aromatic carbocycles. The molecule has 9 atom stereocenters. The highest BCUT2D eigenvalue weighted by Gasteiger charge is 2.56. The lowest BCUT2D eigenvalue weighted by Gasteiger charge is -2.38. The molecule has 0 heterocycles. The van der Waals surface area contributed by atoms with Crippen LogP contribution in [0.2, 0.25) is 10.0 Å². The highest BCUT2D eigenvalue weighted by atomic mass is 35.5. The van der Waals surface area contributed by atoms with Gasteiger partial charge in [0.05, 0.1) is 46.1 Å². The number of aliphatic hydroxyl groups excluding tert-OH is 1. The number of halogens is 3. The van der Waals surface area contributed by atoms with Crippen LogP contribution in [0.1, 0.15) is 57.1 Å². The summed E-state index contributed by atoms with van der Waals surface area (Å²) in [7, 11) is 0. The van der Waals surface area contributed by atoms with Gasteiger partial charge < -0.3 is 15.7 Å². The number of nitrogens with one attached hydrogen (secondary N) is 2. The number of nitriles is 1. The molecule has 0 radical (unpaired) electrons. The third-order valence-electron chi connectivity index (χ3n) is 8.40. The molecule has 4 aliphatic carbocycles. The third-order valence-corrected chi connectivity index (χ3v) is 9.22. The second-order valence-corrected chi connectivity index (χ2v) is 11.7. The van der Waals surface area contributed by atoms with Crippen LogP contribution in [-0.2, 0) is 9.59 Å². The van der Waals surface area contributed by atoms with E-state index in [1.165, 1.54) is 18.6 Å². The molecular formula is C25H28Cl2FN3O3. The number of rotatable bonds is 6. The van der Waals surface area contributed by atoms with E-state index in [4.69, 9.17) is 28.5 Å². The first kappa shape index (κ1) is 23.8. The molecule has 9 heteroatoms. The van der Waals surface area contributed by atoms with Crippen LogP contribution in [0.15, 0.2) is 12.1 Å². The maximum absolute atomic E-state index is 15.0. The number of carbonyl (C=O) groups is 2. The van der Waals surface area contributed by atoms with Gasteiger partial charge in [-0.25, -0.2) is 4.39 Å². The van der Waals surface area contributed by atoms with Gasteiger partial charge in [-0.2, -0.15) is 5.26 Å². The van der Waals surface area contributed by atoms with E-state index < -0.39 is 29.9 Å². The Morgan fingerprint density at radius 1 is 1.18 bits per heavy atom. The van der Waals surface area contributed by atoms with Gasteiger partial charge >= 0.3 is 0 Å². The van der Waals surface area contributed by atoms with Crippen LogP contribution in [0.3, 0.4) is 0 Å². The molecule has 182 valence electrons. The standard InChI is InChI=1S/C25H28Cl2FN3O3/c1-25(8-12-4-13(12)9-25)22(20-17(28)3-2-16(26)21(20)27)31-23(33)11-6-18(19(32)7-11)30-24(34)15-5-14(15)10-29/h2-3,11-15,18-19,22,32H,4-9H2,1H3,(H,30,34)(H,31,33)/t11-,12-,13+,14+,15+,18?,19+,22+,25?/m0/s1. The highest BCUT2D eigenvalue weighted by Crippen LogP contribution is 2.64. The van der Waals surface area contributed by atoms with Crippen molar-refractivity contribution in [3.05, 3.63) is 33.6 Å². The fourth-order valence-corrected chi connectivity index (χ4v) is 6.72. The Hall–Kier alpha value is -1.88. The summed E-state index contributed by atoms with van der Waals surface area (Å²) in [6.07, 6.45) is 3.07. The summed E-state index contributed by atoms with van der Waals surface area (Å²) < 4.78 is 15.0. The Morgan fingerprint density at radius 3 is 2.53 bits per heavy atom. The van der Waals surface area contributed by atoms with Crippen molar-refractivity contribution in [2.45, 2.75) is 63.6 Å². The molecule has 1 aromatic rings. The van der Waals surface area contributed by atoms with Crippen LogP contribution < -0.4 is 10.6 Å². The van der Waals surface area contributed by atoms with Crippen LogP contribution in [0, 0.1) is 52.2 Å². The molecule has 4 saturated carbocycles. The zero-order valence-corrected chi connectivity index (χ0v) is 20.4. The summed E-state index contributed by atoms with van der Waals surface area (Å²) in [5.41, 5.74) is -0.146. The predicted molar refractivity (Wildman–Crippen MR) is 124 cm³/mol. The summed E-state index contributed by atoms with van der Waals surface area (Å²) in [6.45, 7) is 2.06. The molecule has 4 fully saturated rings. The van der Waals surface area contributed by atoms with E-state index in [9.17, 15) is 14.7 Å². The first-order valence-electron chi connectivity index (χ1n) is 11.9. The van der Waals surface area contributed by atoms with Gasteiger partial charge in [-0.1, -0.05) is 30.1 Å². The van der Waals surface area contributed by atoms with E-state index in [1.54, 1.807) is 0 Å². The second-order valence-electron chi connectivity index (χ2n) is 10.9. The van der Waals surface area contributed by atoms with Gasteiger partial charge in [-0.15, -0.1) is 0 Å². The molecule has 0 bridgehead atoms. The van der Waals surface area contributed by atoms with E-state index in [0.29, 0.717) is 18.3 Å². The quantitative estimate of drug-likeness (QED) is 0.503. The SMILES string of the molecule is CC1([C@H](NC(=O)[C@H]2CC(NC(=O)[C@@H]3C[C@@H]3C#N)[C@H](O)C2)c2c(F)ccc(Cl)c2Cl)C[C@H]2C[C@H]2C1. The zero-order chi connectivity index (χ0) is 24.4. The van der Waals surface area contributed by atoms with Crippen molar-refractivity contribution in [2.75, 3.05) is 0 Å². The van der Waals surface area contributed by atoms with Crippen molar-refractivity contribution < 1.29 is 19.1 Å². The first-order valence-corrected chi connectivity index (χ1v) is 12.7. The maximum Gasteiger partial charge on any atom is 0.224 e. The third kappa shape index (κ3) is 4.29. The normalized spacial score (nSPS) is 38.5. The number of amides is 2. The first-order chi connectivity index (χ1) is 16.1. The summed E-state index contributed by atoms with van der Waals surface area (Å²) in [5, 5.41) is 25.7. The zero-order valence-electron chi connectivity index (χ0n) is 18.9. The largest absolute Gasteiger partial charge is 0.391 e. The van der Waals surface area contributed by atoms with Crippen LogP contribution in [-0.4, -0.2) is 29.1 Å². The number of hydrogen-bond acceptors (Lipinski definition) is 4. The number of nitrogens with zero attached hydrogens (tertiary/aromatic N) is 1. The van der Waals surface area contributed by atoms with Crippen LogP contribution in [0.4, 0.5) is 4.39 Å². The molecule has 2 unspecified atom stereocenters.